The second-order valence-electron chi connectivity index (χ2n) is 17.0. The molecule has 0 saturated heterocycles. The Bertz CT molecular complexity index is 1210. The molecule has 0 fully saturated rings. The number of nitrogens with zero attached hydrogens (tertiary/aromatic N) is 1. The maximum Gasteiger partial charge on any atom is 0.362 e. The summed E-state index contributed by atoms with van der Waals surface area (Å²) in [4.78, 5) is 37.0. The Hall–Kier alpha value is -3.23. The van der Waals surface area contributed by atoms with Gasteiger partial charge in [0.15, 0.2) is 12.1 Å². The highest BCUT2D eigenvalue weighted by Gasteiger charge is 2.31. The highest BCUT2D eigenvalue weighted by atomic mass is 16.6. The molecule has 0 aliphatic heterocycles. The van der Waals surface area contributed by atoms with E-state index in [-0.39, 0.29) is 42.7 Å². The number of hydrogen-bond donors (Lipinski definition) is 1. The van der Waals surface area contributed by atoms with E-state index in [4.69, 9.17) is 14.2 Å². The molecular formula is C52H90NO7+. The van der Waals surface area contributed by atoms with Crippen molar-refractivity contribution < 1.29 is 38.2 Å². The van der Waals surface area contributed by atoms with Crippen LogP contribution in [0.15, 0.2) is 72.9 Å². The van der Waals surface area contributed by atoms with Crippen molar-refractivity contribution in [1.82, 2.24) is 0 Å². The van der Waals surface area contributed by atoms with Crippen LogP contribution in [-0.2, 0) is 28.6 Å². The number of unbranched alkanes of at least 4 members (excludes halogenated alkanes) is 16. The van der Waals surface area contributed by atoms with Gasteiger partial charge in [0.1, 0.15) is 6.61 Å². The third-order valence-electron chi connectivity index (χ3n) is 10.4. The van der Waals surface area contributed by atoms with Crippen LogP contribution in [0.25, 0.3) is 0 Å². The Morgan fingerprint density at radius 2 is 0.933 bits per heavy atom. The van der Waals surface area contributed by atoms with Gasteiger partial charge in [0.25, 0.3) is 0 Å². The van der Waals surface area contributed by atoms with Gasteiger partial charge < -0.3 is 23.8 Å². The van der Waals surface area contributed by atoms with Gasteiger partial charge in [-0.3, -0.25) is 9.59 Å². The number of carbonyl (C=O) groups excluding carboxylic acids is 2. The van der Waals surface area contributed by atoms with Crippen LogP contribution >= 0.6 is 0 Å². The van der Waals surface area contributed by atoms with Crippen molar-refractivity contribution in [1.29, 1.82) is 0 Å². The first-order valence-electron chi connectivity index (χ1n) is 24.0. The summed E-state index contributed by atoms with van der Waals surface area (Å²) in [5.74, 6) is -1.57. The van der Waals surface area contributed by atoms with Gasteiger partial charge in [-0.05, 0) is 51.4 Å². The second-order valence-corrected chi connectivity index (χ2v) is 17.0. The molecule has 60 heavy (non-hydrogen) atoms. The summed E-state index contributed by atoms with van der Waals surface area (Å²) < 4.78 is 17.2. The molecule has 0 saturated carbocycles. The molecule has 344 valence electrons. The van der Waals surface area contributed by atoms with Crippen LogP contribution in [0.4, 0.5) is 0 Å². The van der Waals surface area contributed by atoms with Crippen LogP contribution in [0.3, 0.4) is 0 Å². The molecule has 0 rings (SSSR count). The fourth-order valence-corrected chi connectivity index (χ4v) is 6.71. The lowest BCUT2D eigenvalue weighted by Crippen LogP contribution is -2.50. The number of allylic oxidation sites excluding steroid dienone is 12. The predicted octanol–water partition coefficient (Wildman–Crippen LogP) is 13.5. The van der Waals surface area contributed by atoms with Crippen molar-refractivity contribution in [2.45, 2.75) is 199 Å². The first-order chi connectivity index (χ1) is 29.1. The van der Waals surface area contributed by atoms with Gasteiger partial charge >= 0.3 is 17.9 Å². The topological polar surface area (TPSA) is 99.1 Å². The number of carboxylic acids is 1. The molecule has 8 heteroatoms. The highest BCUT2D eigenvalue weighted by Crippen LogP contribution is 2.15. The van der Waals surface area contributed by atoms with Gasteiger partial charge in [0.05, 0.1) is 34.4 Å². The number of ether oxygens (including phenoxy) is 3. The van der Waals surface area contributed by atoms with E-state index in [1.165, 1.54) is 89.9 Å². The van der Waals surface area contributed by atoms with Crippen molar-refractivity contribution in [2.75, 3.05) is 41.0 Å². The lowest BCUT2D eigenvalue weighted by atomic mass is 10.0. The number of hydrogen-bond acceptors (Lipinski definition) is 6. The molecule has 0 bridgehead atoms. The van der Waals surface area contributed by atoms with Gasteiger partial charge in [-0.25, -0.2) is 4.79 Å². The van der Waals surface area contributed by atoms with Crippen LogP contribution in [0.5, 0.6) is 0 Å². The zero-order valence-corrected chi connectivity index (χ0v) is 39.1. The van der Waals surface area contributed by atoms with E-state index in [1.807, 2.05) is 33.3 Å². The molecule has 0 heterocycles. The molecule has 0 aromatic rings. The van der Waals surface area contributed by atoms with Gasteiger partial charge in [-0.15, -0.1) is 0 Å². The van der Waals surface area contributed by atoms with Crippen molar-refractivity contribution in [2.24, 2.45) is 0 Å². The average molecular weight is 841 g/mol. The minimum atomic E-state index is -0.887. The Balaban J connectivity index is 4.42. The largest absolute Gasteiger partial charge is 0.477 e. The number of rotatable bonds is 42. The summed E-state index contributed by atoms with van der Waals surface area (Å²) in [7, 11) is 5.50. The van der Waals surface area contributed by atoms with Gasteiger partial charge in [0, 0.05) is 19.3 Å². The van der Waals surface area contributed by atoms with Crippen molar-refractivity contribution in [3.63, 3.8) is 0 Å². The minimum absolute atomic E-state index is 0.0293. The van der Waals surface area contributed by atoms with Crippen molar-refractivity contribution >= 4 is 17.9 Å². The Kier molecular flexibility index (Phi) is 40.2. The number of quaternary nitrogens is 1. The third kappa shape index (κ3) is 40.2. The summed E-state index contributed by atoms with van der Waals surface area (Å²) in [5.41, 5.74) is 0. The van der Waals surface area contributed by atoms with E-state index < -0.39 is 18.1 Å². The number of aliphatic carboxylic acids is 1. The maximum absolute atomic E-state index is 12.7. The third-order valence-corrected chi connectivity index (χ3v) is 10.4. The Labute approximate surface area is 368 Å². The minimum Gasteiger partial charge on any atom is -0.477 e. The summed E-state index contributed by atoms with van der Waals surface area (Å²) in [5, 5.41) is 9.63. The molecule has 0 radical (unpaired) electrons. The van der Waals surface area contributed by atoms with E-state index >= 15 is 0 Å². The van der Waals surface area contributed by atoms with E-state index in [0.29, 0.717) is 19.3 Å². The quantitative estimate of drug-likeness (QED) is 0.0283. The Morgan fingerprint density at radius 1 is 0.517 bits per heavy atom. The molecule has 0 spiro atoms. The zero-order chi connectivity index (χ0) is 44.2. The second kappa shape index (κ2) is 42.5. The fraction of sp³-hybridized carbons (Fsp3) is 0.712. The fourth-order valence-electron chi connectivity index (χ4n) is 6.71. The molecule has 0 aromatic heterocycles. The summed E-state index contributed by atoms with van der Waals surface area (Å²) in [6, 6.07) is -0.630. The molecule has 2 unspecified atom stereocenters. The van der Waals surface area contributed by atoms with Crippen LogP contribution in [0.2, 0.25) is 0 Å². The summed E-state index contributed by atoms with van der Waals surface area (Å²) in [6.45, 7) is 4.55. The SMILES string of the molecule is CC/C=C\C/C=C\C/C=C\C/C=C\C/C=C\C/C=C\CCC(=O)OC(COCCC(C(=O)O)[N+](C)(C)C)COC(=O)CCCCCCCCCCCCCCCCCCC. The first-order valence-corrected chi connectivity index (χ1v) is 24.0. The smallest absolute Gasteiger partial charge is 0.362 e. The lowest BCUT2D eigenvalue weighted by Gasteiger charge is -2.31. The predicted molar refractivity (Wildman–Crippen MR) is 252 cm³/mol. The van der Waals surface area contributed by atoms with E-state index in [9.17, 15) is 19.5 Å². The molecule has 2 atom stereocenters. The summed E-state index contributed by atoms with van der Waals surface area (Å²) >= 11 is 0. The normalized spacial score (nSPS) is 13.6. The standard InChI is InChI=1S/C52H89NO7/c1-6-8-10-12-14-16-18-20-22-24-25-27-29-31-33-35-37-39-41-43-51(55)60-48(46-58-45-44-49(52(56)57)53(3,4)5)47-59-50(54)42-40-38-36-34-32-30-28-26-23-21-19-17-15-13-11-9-7-2/h8,10,14,16,20,22,25,27,31,33,37,39,48-49H,6-7,9,11-13,15,17-19,21,23-24,26,28-30,32,34-36,38,40-47H2,1-5H3/p+1/b10-8-,16-14-,22-20-,27-25-,33-31-,39-37-. The molecule has 0 aliphatic rings. The van der Waals surface area contributed by atoms with Crippen LogP contribution < -0.4 is 0 Å². The number of carboxylic acid groups (broad SMARTS) is 1. The maximum atomic E-state index is 12.7. The number of esters is 2. The monoisotopic (exact) mass is 841 g/mol. The number of likely N-dealkylation sites (N-methyl/N-ethyl adjacent to an activating group) is 1. The number of carbonyl (C=O) groups is 3. The zero-order valence-electron chi connectivity index (χ0n) is 39.1. The first kappa shape index (κ1) is 56.8. The molecule has 1 N–H and O–H groups in total. The van der Waals surface area contributed by atoms with Crippen LogP contribution in [0, 0.1) is 0 Å². The van der Waals surface area contributed by atoms with Crippen LogP contribution in [0.1, 0.15) is 187 Å². The van der Waals surface area contributed by atoms with Gasteiger partial charge in [0.2, 0.25) is 0 Å². The molecule has 8 nitrogen and oxygen atoms in total. The summed E-state index contributed by atoms with van der Waals surface area (Å²) in [6.07, 6.45) is 53.9. The molecule has 0 amide bonds. The van der Waals surface area contributed by atoms with E-state index in [0.717, 1.165) is 57.8 Å². The van der Waals surface area contributed by atoms with Crippen LogP contribution in [-0.4, -0.2) is 80.6 Å². The highest BCUT2D eigenvalue weighted by molar-refractivity contribution is 5.72. The molecule has 0 aromatic carbocycles. The van der Waals surface area contributed by atoms with E-state index in [1.54, 1.807) is 0 Å². The van der Waals surface area contributed by atoms with E-state index in [2.05, 4.69) is 74.6 Å². The molecule has 0 aliphatic carbocycles. The van der Waals surface area contributed by atoms with Crippen molar-refractivity contribution in [3.8, 4) is 0 Å². The Morgan fingerprint density at radius 3 is 1.35 bits per heavy atom. The van der Waals surface area contributed by atoms with Crippen molar-refractivity contribution in [3.05, 3.63) is 72.9 Å². The van der Waals surface area contributed by atoms with Gasteiger partial charge in [-0.1, -0.05) is 189 Å². The average Bonchev–Trinajstić information content (AvgIpc) is 3.21. The van der Waals surface area contributed by atoms with Gasteiger partial charge in [-0.2, -0.15) is 0 Å². The molecular weight excluding hydrogens is 751 g/mol. The lowest BCUT2D eigenvalue weighted by molar-refractivity contribution is -0.887.